The number of hydrogen-bond acceptors (Lipinski definition) is 5. The van der Waals surface area contributed by atoms with Crippen LogP contribution in [0.25, 0.3) is 21.4 Å². The number of rotatable bonds is 4. The molecule has 0 saturated carbocycles. The average molecular weight is 391 g/mol. The molecule has 1 amide bonds. The first-order valence-electron chi connectivity index (χ1n) is 8.64. The Hall–Kier alpha value is -3.38. The summed E-state index contributed by atoms with van der Waals surface area (Å²) in [5.41, 5.74) is 1.92. The van der Waals surface area contributed by atoms with Crippen molar-refractivity contribution in [3.05, 3.63) is 81.3 Å². The predicted molar refractivity (Wildman–Crippen MR) is 111 cm³/mol. The Labute approximate surface area is 165 Å². The number of ether oxygens (including phenoxy) is 1. The molecule has 2 aromatic heterocycles. The molecule has 0 radical (unpaired) electrons. The van der Waals surface area contributed by atoms with Crippen molar-refractivity contribution in [2.24, 2.45) is 0 Å². The van der Waals surface area contributed by atoms with Gasteiger partial charge in [-0.05, 0) is 54.3 Å². The number of fused-ring (bicyclic) bond motifs is 1. The average Bonchev–Trinajstić information content (AvgIpc) is 3.23. The lowest BCUT2D eigenvalue weighted by atomic mass is 10.1. The molecule has 0 aliphatic heterocycles. The maximum absolute atomic E-state index is 13.2. The molecule has 140 valence electrons. The Morgan fingerprint density at radius 1 is 1.07 bits per heavy atom. The number of carbonyl (C=O) groups is 1. The van der Waals surface area contributed by atoms with E-state index in [-0.39, 0.29) is 17.2 Å². The summed E-state index contributed by atoms with van der Waals surface area (Å²) in [6.45, 7) is 1.87. The van der Waals surface area contributed by atoms with Crippen LogP contribution in [0.2, 0.25) is 0 Å². The van der Waals surface area contributed by atoms with Gasteiger partial charge in [-0.15, -0.1) is 11.3 Å². The lowest BCUT2D eigenvalue weighted by Gasteiger charge is -2.11. The predicted octanol–water partition coefficient (Wildman–Crippen LogP) is 5.09. The Bertz CT molecular complexity index is 1210. The van der Waals surface area contributed by atoms with Gasteiger partial charge in [0.05, 0.1) is 12.5 Å². The van der Waals surface area contributed by atoms with Crippen molar-refractivity contribution >= 4 is 34.1 Å². The first-order valence-corrected chi connectivity index (χ1v) is 9.52. The van der Waals surface area contributed by atoms with Crippen LogP contribution in [0.3, 0.4) is 0 Å². The number of anilines is 1. The van der Waals surface area contributed by atoms with Gasteiger partial charge >= 0.3 is 0 Å². The van der Waals surface area contributed by atoms with Gasteiger partial charge in [-0.3, -0.25) is 14.9 Å². The zero-order chi connectivity index (χ0) is 19.7. The molecular formula is C22H17NO4S. The second-order valence-electron chi connectivity index (χ2n) is 6.25. The van der Waals surface area contributed by atoms with E-state index >= 15 is 0 Å². The van der Waals surface area contributed by atoms with Crippen molar-refractivity contribution in [2.75, 3.05) is 12.4 Å². The fourth-order valence-electron chi connectivity index (χ4n) is 3.01. The number of amides is 1. The first kappa shape index (κ1) is 18.0. The second kappa shape index (κ2) is 7.32. The quantitative estimate of drug-likeness (QED) is 0.526. The minimum atomic E-state index is -0.364. The summed E-state index contributed by atoms with van der Waals surface area (Å²) in [6.07, 6.45) is 0. The molecule has 4 rings (SSSR count). The zero-order valence-electron chi connectivity index (χ0n) is 15.3. The molecule has 0 aliphatic carbocycles. The van der Waals surface area contributed by atoms with Crippen LogP contribution in [-0.4, -0.2) is 13.0 Å². The van der Waals surface area contributed by atoms with Gasteiger partial charge in [0.15, 0.2) is 0 Å². The lowest BCUT2D eigenvalue weighted by Crippen LogP contribution is -2.16. The van der Waals surface area contributed by atoms with Crippen LogP contribution in [0.1, 0.15) is 15.9 Å². The maximum atomic E-state index is 13.2. The molecule has 2 heterocycles. The third kappa shape index (κ3) is 3.18. The van der Waals surface area contributed by atoms with E-state index in [1.165, 1.54) is 11.3 Å². The molecule has 0 aliphatic rings. The number of methoxy groups -OCH3 is 1. The standard InChI is InChI=1S/C22H17NO4S/c1-13-5-3-6-16-19(24)18(17-7-4-12-28-17)22(27-20(13)16)23-21(25)14-8-10-15(26-2)11-9-14/h3-12H,1-2H3,(H,23,25). The fourth-order valence-corrected chi connectivity index (χ4v) is 3.77. The third-order valence-corrected chi connectivity index (χ3v) is 5.35. The molecule has 0 bridgehead atoms. The van der Waals surface area contributed by atoms with Gasteiger partial charge < -0.3 is 9.15 Å². The summed E-state index contributed by atoms with van der Waals surface area (Å²) in [4.78, 5) is 26.7. The normalized spacial score (nSPS) is 10.8. The summed E-state index contributed by atoms with van der Waals surface area (Å²) in [5.74, 6) is 0.440. The van der Waals surface area contributed by atoms with E-state index in [1.54, 1.807) is 37.4 Å². The molecule has 1 N–H and O–H groups in total. The Balaban J connectivity index is 1.85. The summed E-state index contributed by atoms with van der Waals surface area (Å²) in [5, 5.41) is 5.14. The molecule has 4 aromatic rings. The monoisotopic (exact) mass is 391 g/mol. The minimum Gasteiger partial charge on any atom is -0.497 e. The number of hydrogen-bond donors (Lipinski definition) is 1. The summed E-state index contributed by atoms with van der Waals surface area (Å²) < 4.78 is 11.1. The molecule has 2 aromatic carbocycles. The van der Waals surface area contributed by atoms with Crippen molar-refractivity contribution in [3.63, 3.8) is 0 Å². The smallest absolute Gasteiger partial charge is 0.257 e. The van der Waals surface area contributed by atoms with Crippen LogP contribution in [-0.2, 0) is 0 Å². The summed E-state index contributed by atoms with van der Waals surface area (Å²) >= 11 is 1.42. The first-order chi connectivity index (χ1) is 13.6. The molecule has 0 saturated heterocycles. The second-order valence-corrected chi connectivity index (χ2v) is 7.19. The van der Waals surface area contributed by atoms with Crippen LogP contribution in [0, 0.1) is 6.92 Å². The highest BCUT2D eigenvalue weighted by Crippen LogP contribution is 2.32. The Morgan fingerprint density at radius 2 is 1.86 bits per heavy atom. The minimum absolute atomic E-state index is 0.148. The summed E-state index contributed by atoms with van der Waals surface area (Å²) in [7, 11) is 1.56. The topological polar surface area (TPSA) is 68.5 Å². The maximum Gasteiger partial charge on any atom is 0.257 e. The Morgan fingerprint density at radius 3 is 2.54 bits per heavy atom. The van der Waals surface area contributed by atoms with E-state index in [0.717, 1.165) is 10.4 Å². The van der Waals surface area contributed by atoms with Gasteiger partial charge in [0, 0.05) is 10.4 Å². The largest absolute Gasteiger partial charge is 0.497 e. The molecular weight excluding hydrogens is 374 g/mol. The van der Waals surface area contributed by atoms with E-state index in [1.807, 2.05) is 36.6 Å². The fraction of sp³-hybridized carbons (Fsp3) is 0.0909. The molecule has 5 nitrogen and oxygen atoms in total. The van der Waals surface area contributed by atoms with Crippen LogP contribution < -0.4 is 15.5 Å². The van der Waals surface area contributed by atoms with Gasteiger partial charge in [-0.1, -0.05) is 18.2 Å². The molecule has 0 unspecified atom stereocenters. The van der Waals surface area contributed by atoms with Crippen molar-refractivity contribution in [2.45, 2.75) is 6.92 Å². The number of benzene rings is 2. The van der Waals surface area contributed by atoms with Crippen LogP contribution >= 0.6 is 11.3 Å². The van der Waals surface area contributed by atoms with E-state index in [9.17, 15) is 9.59 Å². The third-order valence-electron chi connectivity index (χ3n) is 4.46. The van der Waals surface area contributed by atoms with E-state index < -0.39 is 0 Å². The van der Waals surface area contributed by atoms with Crippen molar-refractivity contribution < 1.29 is 13.9 Å². The van der Waals surface area contributed by atoms with Gasteiger partial charge in [-0.2, -0.15) is 0 Å². The van der Waals surface area contributed by atoms with Crippen LogP contribution in [0.15, 0.2) is 69.2 Å². The summed E-state index contributed by atoms with van der Waals surface area (Å²) in [6, 6.07) is 15.8. The molecule has 0 atom stereocenters. The van der Waals surface area contributed by atoms with E-state index in [4.69, 9.17) is 9.15 Å². The molecule has 0 fully saturated rings. The van der Waals surface area contributed by atoms with Gasteiger partial charge in [0.2, 0.25) is 11.3 Å². The van der Waals surface area contributed by atoms with Gasteiger partial charge in [-0.25, -0.2) is 0 Å². The SMILES string of the molecule is COc1ccc(C(=O)Nc2oc3c(C)cccc3c(=O)c2-c2cccs2)cc1. The number of nitrogens with one attached hydrogen (secondary N) is 1. The molecule has 6 heteroatoms. The van der Waals surface area contributed by atoms with E-state index in [0.29, 0.717) is 27.8 Å². The number of carbonyl (C=O) groups excluding carboxylic acids is 1. The van der Waals surface area contributed by atoms with E-state index in [2.05, 4.69) is 5.32 Å². The Kier molecular flexibility index (Phi) is 4.71. The zero-order valence-corrected chi connectivity index (χ0v) is 16.1. The number of thiophene rings is 1. The van der Waals surface area contributed by atoms with Crippen LogP contribution in [0.5, 0.6) is 5.75 Å². The van der Waals surface area contributed by atoms with Crippen molar-refractivity contribution in [3.8, 4) is 16.2 Å². The highest BCUT2D eigenvalue weighted by molar-refractivity contribution is 7.13. The van der Waals surface area contributed by atoms with Crippen LogP contribution in [0.4, 0.5) is 5.88 Å². The van der Waals surface area contributed by atoms with Crippen molar-refractivity contribution in [1.82, 2.24) is 0 Å². The molecule has 28 heavy (non-hydrogen) atoms. The molecule has 0 spiro atoms. The highest BCUT2D eigenvalue weighted by Gasteiger charge is 2.20. The highest BCUT2D eigenvalue weighted by atomic mass is 32.1. The number of para-hydroxylation sites is 1. The van der Waals surface area contributed by atoms with Gasteiger partial charge in [0.25, 0.3) is 5.91 Å². The van der Waals surface area contributed by atoms with Gasteiger partial charge in [0.1, 0.15) is 16.9 Å². The number of aryl methyl sites for hydroxylation is 1. The lowest BCUT2D eigenvalue weighted by molar-refractivity contribution is 0.102. The van der Waals surface area contributed by atoms with Crippen molar-refractivity contribution in [1.29, 1.82) is 0 Å².